The van der Waals surface area contributed by atoms with Crippen LogP contribution in [0, 0.1) is 5.92 Å². The Kier molecular flexibility index (Phi) is 7.67. The van der Waals surface area contributed by atoms with Crippen LogP contribution in [0.4, 0.5) is 0 Å². The van der Waals surface area contributed by atoms with E-state index in [-0.39, 0.29) is 18.9 Å². The topological polar surface area (TPSA) is 78.9 Å². The summed E-state index contributed by atoms with van der Waals surface area (Å²) in [5, 5.41) is 10.5. The van der Waals surface area contributed by atoms with Gasteiger partial charge in [-0.2, -0.15) is 0 Å². The summed E-state index contributed by atoms with van der Waals surface area (Å²) < 4.78 is 11.5. The van der Waals surface area contributed by atoms with E-state index in [1.165, 1.54) is 16.7 Å². The third-order valence-electron chi connectivity index (χ3n) is 3.69. The van der Waals surface area contributed by atoms with Crippen LogP contribution in [0.1, 0.15) is 32.3 Å². The molecule has 1 saturated heterocycles. The molecule has 1 aliphatic rings. The molecule has 0 N–H and O–H groups in total. The number of hydrogen-bond donors (Lipinski definition) is 0. The van der Waals surface area contributed by atoms with Crippen molar-refractivity contribution in [2.24, 2.45) is 5.92 Å². The largest absolute Gasteiger partial charge is 0.550 e. The van der Waals surface area contributed by atoms with Crippen molar-refractivity contribution < 1.29 is 24.2 Å². The first kappa shape index (κ1) is 21.2. The Labute approximate surface area is 168 Å². The lowest BCUT2D eigenvalue weighted by Crippen LogP contribution is -2.30. The Morgan fingerprint density at radius 2 is 2.11 bits per heavy atom. The third kappa shape index (κ3) is 5.97. The molecule has 1 aromatic rings. The molecule has 0 aliphatic carbocycles. The summed E-state index contributed by atoms with van der Waals surface area (Å²) in [7, 11) is 1.57. The number of carboxylic acids is 1. The molecule has 8 heteroatoms. The van der Waals surface area contributed by atoms with Gasteiger partial charge in [-0.1, -0.05) is 43.9 Å². The summed E-state index contributed by atoms with van der Waals surface area (Å²) in [5.74, 6) is 0.283. The van der Waals surface area contributed by atoms with Crippen molar-refractivity contribution >= 4 is 46.3 Å². The number of thiocarbonyl (C=S) groups is 1. The number of hydrogen-bond acceptors (Lipinski definition) is 7. The molecule has 1 heterocycles. The number of carboxylic acid groups (broad SMARTS) is 1. The molecule has 0 spiro atoms. The van der Waals surface area contributed by atoms with Gasteiger partial charge in [-0.3, -0.25) is 9.69 Å². The monoisotopic (exact) mass is 408 g/mol. The van der Waals surface area contributed by atoms with Gasteiger partial charge >= 0.3 is 0 Å². The predicted molar refractivity (Wildman–Crippen MR) is 107 cm³/mol. The van der Waals surface area contributed by atoms with Crippen molar-refractivity contribution in [3.05, 3.63) is 28.7 Å². The van der Waals surface area contributed by atoms with E-state index in [0.29, 0.717) is 39.7 Å². The molecule has 0 aromatic heterocycles. The van der Waals surface area contributed by atoms with Crippen LogP contribution in [-0.2, 0) is 9.59 Å². The number of carbonyl (C=O) groups is 2. The quantitative estimate of drug-likeness (QED) is 0.459. The minimum absolute atomic E-state index is 0.106. The maximum absolute atomic E-state index is 12.5. The molecule has 0 atom stereocenters. The Bertz CT molecular complexity index is 760. The van der Waals surface area contributed by atoms with Gasteiger partial charge in [-0.05, 0) is 42.5 Å². The van der Waals surface area contributed by atoms with Gasteiger partial charge in [0.25, 0.3) is 5.91 Å². The minimum atomic E-state index is -1.14. The summed E-state index contributed by atoms with van der Waals surface area (Å²) in [4.78, 5) is 25.0. The highest BCUT2D eigenvalue weighted by atomic mass is 32.2. The normalized spacial score (nSPS) is 15.7. The number of amides is 1. The standard InChI is InChI=1S/C19H23NO5S2/c1-12(2)11-25-14-7-6-13(9-15(14)24-3)10-16-18(23)20(19(26)27-16)8-4-5-17(21)22/h6-7,9-10,12H,4-5,8,11H2,1-3H3,(H,21,22)/p-1/b16-10-. The lowest BCUT2D eigenvalue weighted by Gasteiger charge is -2.14. The van der Waals surface area contributed by atoms with Crippen LogP contribution < -0.4 is 14.6 Å². The van der Waals surface area contributed by atoms with Crippen molar-refractivity contribution in [3.63, 3.8) is 0 Å². The summed E-state index contributed by atoms with van der Waals surface area (Å²) >= 11 is 6.44. The molecule has 6 nitrogen and oxygen atoms in total. The fourth-order valence-corrected chi connectivity index (χ4v) is 3.68. The zero-order valence-corrected chi connectivity index (χ0v) is 17.2. The molecule has 1 aliphatic heterocycles. The van der Waals surface area contributed by atoms with E-state index in [4.69, 9.17) is 21.7 Å². The number of aliphatic carboxylic acids is 1. The van der Waals surface area contributed by atoms with Gasteiger partial charge < -0.3 is 19.4 Å². The first-order chi connectivity index (χ1) is 12.8. The Morgan fingerprint density at radius 1 is 1.37 bits per heavy atom. The zero-order valence-electron chi connectivity index (χ0n) is 15.5. The molecule has 0 saturated carbocycles. The molecular weight excluding hydrogens is 386 g/mol. The molecule has 1 aromatic carbocycles. The van der Waals surface area contributed by atoms with E-state index in [0.717, 1.165) is 5.56 Å². The van der Waals surface area contributed by atoms with Crippen molar-refractivity contribution in [1.82, 2.24) is 4.90 Å². The van der Waals surface area contributed by atoms with Crippen LogP contribution >= 0.6 is 24.0 Å². The second-order valence-corrected chi connectivity index (χ2v) is 8.10. The highest BCUT2D eigenvalue weighted by molar-refractivity contribution is 8.26. The van der Waals surface area contributed by atoms with E-state index >= 15 is 0 Å². The SMILES string of the molecule is COc1cc(/C=C2\SC(=S)N(CCCC(=O)[O-])C2=O)ccc1OCC(C)C. The second kappa shape index (κ2) is 9.75. The van der Waals surface area contributed by atoms with Crippen LogP contribution in [0.2, 0.25) is 0 Å². The fraction of sp³-hybridized carbons (Fsp3) is 0.421. The lowest BCUT2D eigenvalue weighted by molar-refractivity contribution is -0.305. The zero-order chi connectivity index (χ0) is 20.0. The predicted octanol–water partition coefficient (Wildman–Crippen LogP) is 2.46. The summed E-state index contributed by atoms with van der Waals surface area (Å²) in [6.07, 6.45) is 1.94. The summed E-state index contributed by atoms with van der Waals surface area (Å²) in [6.45, 7) is 4.98. The summed E-state index contributed by atoms with van der Waals surface area (Å²) in [5.41, 5.74) is 0.791. The van der Waals surface area contributed by atoms with Gasteiger partial charge in [0.1, 0.15) is 4.32 Å². The van der Waals surface area contributed by atoms with E-state index < -0.39 is 5.97 Å². The third-order valence-corrected chi connectivity index (χ3v) is 5.07. The Hall–Kier alpha value is -2.06. The van der Waals surface area contributed by atoms with E-state index in [2.05, 4.69) is 13.8 Å². The van der Waals surface area contributed by atoms with Gasteiger partial charge in [0, 0.05) is 12.5 Å². The molecule has 27 heavy (non-hydrogen) atoms. The van der Waals surface area contributed by atoms with Crippen LogP contribution in [0.25, 0.3) is 6.08 Å². The van der Waals surface area contributed by atoms with Gasteiger partial charge in [0.05, 0.1) is 18.6 Å². The van der Waals surface area contributed by atoms with E-state index in [9.17, 15) is 14.7 Å². The van der Waals surface area contributed by atoms with Crippen molar-refractivity contribution in [3.8, 4) is 11.5 Å². The molecule has 0 unspecified atom stereocenters. The van der Waals surface area contributed by atoms with E-state index in [1.54, 1.807) is 19.3 Å². The molecule has 1 fully saturated rings. The van der Waals surface area contributed by atoms with E-state index in [1.807, 2.05) is 12.1 Å². The molecule has 0 radical (unpaired) electrons. The summed E-state index contributed by atoms with van der Waals surface area (Å²) in [6, 6.07) is 5.47. The molecule has 146 valence electrons. The van der Waals surface area contributed by atoms with Gasteiger partial charge in [-0.15, -0.1) is 0 Å². The molecular formula is C19H22NO5S2-. The average molecular weight is 409 g/mol. The highest BCUT2D eigenvalue weighted by Crippen LogP contribution is 2.35. The van der Waals surface area contributed by atoms with Gasteiger partial charge in [0.15, 0.2) is 11.5 Å². The Morgan fingerprint density at radius 3 is 2.74 bits per heavy atom. The number of ether oxygens (including phenoxy) is 2. The van der Waals surface area contributed by atoms with Crippen molar-refractivity contribution in [2.45, 2.75) is 26.7 Å². The minimum Gasteiger partial charge on any atom is -0.550 e. The highest BCUT2D eigenvalue weighted by Gasteiger charge is 2.31. The number of carbonyl (C=O) groups excluding carboxylic acids is 2. The van der Waals surface area contributed by atoms with Crippen LogP contribution in [0.15, 0.2) is 23.1 Å². The molecule has 0 bridgehead atoms. The Balaban J connectivity index is 2.12. The second-order valence-electron chi connectivity index (χ2n) is 6.42. The number of rotatable bonds is 9. The van der Waals surface area contributed by atoms with Crippen LogP contribution in [0.5, 0.6) is 11.5 Å². The van der Waals surface area contributed by atoms with Gasteiger partial charge in [-0.25, -0.2) is 0 Å². The van der Waals surface area contributed by atoms with Crippen LogP contribution in [0.3, 0.4) is 0 Å². The van der Waals surface area contributed by atoms with Crippen molar-refractivity contribution in [1.29, 1.82) is 0 Å². The number of nitrogens with zero attached hydrogens (tertiary/aromatic N) is 1. The first-order valence-electron chi connectivity index (χ1n) is 8.58. The first-order valence-corrected chi connectivity index (χ1v) is 9.80. The van der Waals surface area contributed by atoms with Crippen molar-refractivity contribution in [2.75, 3.05) is 20.3 Å². The number of benzene rings is 1. The number of thioether (sulfide) groups is 1. The molecule has 1 amide bonds. The fourth-order valence-electron chi connectivity index (χ4n) is 2.38. The maximum atomic E-state index is 12.5. The number of methoxy groups -OCH3 is 1. The van der Waals surface area contributed by atoms with Crippen LogP contribution in [-0.4, -0.2) is 41.4 Å². The molecule has 2 rings (SSSR count). The lowest BCUT2D eigenvalue weighted by atomic mass is 10.1. The average Bonchev–Trinajstić information content (AvgIpc) is 2.87. The smallest absolute Gasteiger partial charge is 0.266 e. The van der Waals surface area contributed by atoms with Gasteiger partial charge in [0.2, 0.25) is 0 Å². The maximum Gasteiger partial charge on any atom is 0.266 e.